The molecule has 0 aliphatic rings. The lowest BCUT2D eigenvalue weighted by atomic mass is 10.1. The number of para-hydroxylation sites is 1. The maximum Gasteiger partial charge on any atom is 0.357 e. The molecule has 0 aliphatic carbocycles. The van der Waals surface area contributed by atoms with Gasteiger partial charge in [0.2, 0.25) is 0 Å². The van der Waals surface area contributed by atoms with E-state index < -0.39 is 24.5 Å². The summed E-state index contributed by atoms with van der Waals surface area (Å²) < 4.78 is 10.1. The topological polar surface area (TPSA) is 112 Å². The molecule has 0 saturated carbocycles. The van der Waals surface area contributed by atoms with E-state index in [1.165, 1.54) is 13.0 Å². The number of nitrogens with one attached hydrogen (secondary N) is 1. The number of carbonyl (C=O) groups excluding carboxylic acids is 4. The lowest BCUT2D eigenvalue weighted by Crippen LogP contribution is -2.22. The van der Waals surface area contributed by atoms with Gasteiger partial charge in [-0.15, -0.1) is 11.3 Å². The number of ketones is 1. The van der Waals surface area contributed by atoms with Crippen LogP contribution in [0.15, 0.2) is 36.4 Å². The lowest BCUT2D eigenvalue weighted by Gasteiger charge is -2.08. The molecule has 0 saturated heterocycles. The van der Waals surface area contributed by atoms with Crippen molar-refractivity contribution in [2.45, 2.75) is 20.8 Å². The number of fused-ring (bicyclic) bond motifs is 1. The molecule has 1 N–H and O–H groups in total. The van der Waals surface area contributed by atoms with Crippen LogP contribution >= 0.6 is 11.3 Å². The number of ether oxygens (including phenoxy) is 2. The van der Waals surface area contributed by atoms with Gasteiger partial charge in [-0.3, -0.25) is 9.59 Å². The van der Waals surface area contributed by atoms with Crippen LogP contribution in [-0.2, 0) is 14.3 Å². The summed E-state index contributed by atoms with van der Waals surface area (Å²) in [4.78, 5) is 53.3. The van der Waals surface area contributed by atoms with Gasteiger partial charge in [0.15, 0.2) is 12.4 Å². The van der Waals surface area contributed by atoms with Crippen LogP contribution in [0.25, 0.3) is 10.9 Å². The second-order valence-electron chi connectivity index (χ2n) is 6.55. The Labute approximate surface area is 182 Å². The van der Waals surface area contributed by atoms with Crippen LogP contribution in [0.1, 0.15) is 49.9 Å². The Morgan fingerprint density at radius 2 is 1.77 bits per heavy atom. The van der Waals surface area contributed by atoms with Crippen molar-refractivity contribution in [3.63, 3.8) is 0 Å². The molecule has 1 aromatic carbocycles. The summed E-state index contributed by atoms with van der Waals surface area (Å²) in [7, 11) is 0. The van der Waals surface area contributed by atoms with Crippen molar-refractivity contribution in [3.05, 3.63) is 58.1 Å². The molecule has 8 nitrogen and oxygen atoms in total. The maximum atomic E-state index is 12.3. The SMILES string of the molecule is CCOC(=O)c1c(NC(=O)COC(=O)c2ccc3ccccc3n2)sc(C(C)=O)c1C. The number of amides is 1. The summed E-state index contributed by atoms with van der Waals surface area (Å²) >= 11 is 0.974. The van der Waals surface area contributed by atoms with Crippen molar-refractivity contribution >= 4 is 50.9 Å². The summed E-state index contributed by atoms with van der Waals surface area (Å²) in [5, 5.41) is 3.58. The number of pyridine rings is 1. The Bertz CT molecular complexity index is 1180. The van der Waals surface area contributed by atoms with Gasteiger partial charge < -0.3 is 14.8 Å². The number of esters is 2. The molecule has 0 radical (unpaired) electrons. The zero-order chi connectivity index (χ0) is 22.5. The van der Waals surface area contributed by atoms with Crippen molar-refractivity contribution in [2.75, 3.05) is 18.5 Å². The molecule has 2 heterocycles. The van der Waals surface area contributed by atoms with E-state index in [9.17, 15) is 19.2 Å². The Balaban J connectivity index is 1.71. The van der Waals surface area contributed by atoms with Crippen molar-refractivity contribution in [1.29, 1.82) is 0 Å². The highest BCUT2D eigenvalue weighted by Crippen LogP contribution is 2.34. The molecule has 0 aliphatic heterocycles. The second-order valence-corrected chi connectivity index (χ2v) is 7.57. The molecule has 0 bridgehead atoms. The Morgan fingerprint density at radius 3 is 2.48 bits per heavy atom. The maximum absolute atomic E-state index is 12.3. The summed E-state index contributed by atoms with van der Waals surface area (Å²) in [5.41, 5.74) is 1.26. The molecule has 160 valence electrons. The van der Waals surface area contributed by atoms with Gasteiger partial charge >= 0.3 is 11.9 Å². The van der Waals surface area contributed by atoms with E-state index in [1.807, 2.05) is 12.1 Å². The molecule has 3 rings (SSSR count). The summed E-state index contributed by atoms with van der Waals surface area (Å²) in [6.07, 6.45) is 0. The van der Waals surface area contributed by atoms with Crippen molar-refractivity contribution in [1.82, 2.24) is 4.98 Å². The van der Waals surface area contributed by atoms with Crippen molar-refractivity contribution < 1.29 is 28.7 Å². The number of aromatic nitrogens is 1. The van der Waals surface area contributed by atoms with Gasteiger partial charge in [-0.25, -0.2) is 14.6 Å². The van der Waals surface area contributed by atoms with Gasteiger partial charge in [0, 0.05) is 5.39 Å². The fourth-order valence-electron chi connectivity index (χ4n) is 2.93. The third-order valence-electron chi connectivity index (χ3n) is 4.34. The zero-order valence-electron chi connectivity index (χ0n) is 17.2. The van der Waals surface area contributed by atoms with E-state index in [4.69, 9.17) is 9.47 Å². The van der Waals surface area contributed by atoms with Gasteiger partial charge in [-0.1, -0.05) is 24.3 Å². The van der Waals surface area contributed by atoms with Crippen molar-refractivity contribution in [3.8, 4) is 0 Å². The Kier molecular flexibility index (Phi) is 6.76. The first-order chi connectivity index (χ1) is 14.8. The number of hydrogen-bond donors (Lipinski definition) is 1. The van der Waals surface area contributed by atoms with Crippen LogP contribution in [0.2, 0.25) is 0 Å². The lowest BCUT2D eigenvalue weighted by molar-refractivity contribution is -0.119. The van der Waals surface area contributed by atoms with Crippen LogP contribution in [-0.4, -0.2) is 41.8 Å². The number of rotatable bonds is 7. The average molecular weight is 440 g/mol. The minimum Gasteiger partial charge on any atom is -0.462 e. The van der Waals surface area contributed by atoms with E-state index in [0.29, 0.717) is 16.0 Å². The highest BCUT2D eigenvalue weighted by Gasteiger charge is 2.25. The van der Waals surface area contributed by atoms with Gasteiger partial charge in [-0.05, 0) is 38.5 Å². The van der Waals surface area contributed by atoms with E-state index in [0.717, 1.165) is 16.7 Å². The molecule has 9 heteroatoms. The number of anilines is 1. The normalized spacial score (nSPS) is 10.5. The molecule has 0 spiro atoms. The van der Waals surface area contributed by atoms with E-state index in [2.05, 4.69) is 10.3 Å². The smallest absolute Gasteiger partial charge is 0.357 e. The molecular weight excluding hydrogens is 420 g/mol. The van der Waals surface area contributed by atoms with Crippen molar-refractivity contribution in [2.24, 2.45) is 0 Å². The minimum atomic E-state index is -0.752. The fraction of sp³-hybridized carbons (Fsp3) is 0.227. The number of Topliss-reactive ketones (excluding diaryl/α,β-unsaturated/α-hetero) is 1. The van der Waals surface area contributed by atoms with Crippen LogP contribution in [0.5, 0.6) is 0 Å². The number of thiophene rings is 1. The predicted octanol–water partition coefficient (Wildman–Crippen LogP) is 3.78. The van der Waals surface area contributed by atoms with Crippen LogP contribution in [0.3, 0.4) is 0 Å². The molecule has 0 unspecified atom stereocenters. The van der Waals surface area contributed by atoms with Crippen LogP contribution in [0.4, 0.5) is 5.00 Å². The van der Waals surface area contributed by atoms with Crippen LogP contribution < -0.4 is 5.32 Å². The van der Waals surface area contributed by atoms with E-state index >= 15 is 0 Å². The largest absolute Gasteiger partial charge is 0.462 e. The summed E-state index contributed by atoms with van der Waals surface area (Å²) in [5.74, 6) is -2.28. The standard InChI is InChI=1S/C22H20N2O6S/c1-4-29-22(28)18-12(2)19(13(3)25)31-20(18)24-17(26)11-30-21(27)16-10-9-14-7-5-6-8-15(14)23-16/h5-10H,4,11H2,1-3H3,(H,24,26). The van der Waals surface area contributed by atoms with Gasteiger partial charge in [0.05, 0.1) is 22.6 Å². The first-order valence-electron chi connectivity index (χ1n) is 9.46. The third kappa shape index (κ3) is 4.95. The van der Waals surface area contributed by atoms with Gasteiger partial charge in [0.1, 0.15) is 10.7 Å². The number of carbonyl (C=O) groups is 4. The number of nitrogens with zero attached hydrogens (tertiary/aromatic N) is 1. The third-order valence-corrected chi connectivity index (χ3v) is 5.65. The molecular formula is C22H20N2O6S. The first kappa shape index (κ1) is 22.1. The predicted molar refractivity (Wildman–Crippen MR) is 116 cm³/mol. The number of hydrogen-bond acceptors (Lipinski definition) is 8. The number of benzene rings is 1. The quantitative estimate of drug-likeness (QED) is 0.439. The fourth-order valence-corrected chi connectivity index (χ4v) is 4.04. The highest BCUT2D eigenvalue weighted by atomic mass is 32.1. The highest BCUT2D eigenvalue weighted by molar-refractivity contribution is 7.18. The minimum absolute atomic E-state index is 0.0737. The molecule has 3 aromatic rings. The van der Waals surface area contributed by atoms with Gasteiger partial charge in [-0.2, -0.15) is 0 Å². The molecule has 31 heavy (non-hydrogen) atoms. The molecule has 0 atom stereocenters. The molecule has 2 aromatic heterocycles. The Hall–Kier alpha value is -3.59. The van der Waals surface area contributed by atoms with E-state index in [1.54, 1.807) is 32.0 Å². The summed E-state index contributed by atoms with van der Waals surface area (Å²) in [6.45, 7) is 4.21. The average Bonchev–Trinajstić information content (AvgIpc) is 3.07. The monoisotopic (exact) mass is 440 g/mol. The summed E-state index contributed by atoms with van der Waals surface area (Å²) in [6, 6.07) is 10.6. The molecule has 0 fully saturated rings. The van der Waals surface area contributed by atoms with Gasteiger partial charge in [0.25, 0.3) is 5.91 Å². The molecule has 1 amide bonds. The Morgan fingerprint density at radius 1 is 1.03 bits per heavy atom. The van der Waals surface area contributed by atoms with E-state index in [-0.39, 0.29) is 28.6 Å². The van der Waals surface area contributed by atoms with Crippen LogP contribution in [0, 0.1) is 6.92 Å². The second kappa shape index (κ2) is 9.48. The zero-order valence-corrected chi connectivity index (χ0v) is 18.0. The first-order valence-corrected chi connectivity index (χ1v) is 10.3.